The van der Waals surface area contributed by atoms with Gasteiger partial charge in [-0.3, -0.25) is 10.1 Å². The van der Waals surface area contributed by atoms with Crippen molar-refractivity contribution in [3.05, 3.63) is 39.4 Å². The highest BCUT2D eigenvalue weighted by Gasteiger charge is 2.26. The van der Waals surface area contributed by atoms with Gasteiger partial charge in [0.15, 0.2) is 0 Å². The van der Waals surface area contributed by atoms with Crippen molar-refractivity contribution in [2.24, 2.45) is 0 Å². The Morgan fingerprint density at radius 1 is 1.55 bits per heavy atom. The zero-order chi connectivity index (χ0) is 15.3. The third-order valence-electron chi connectivity index (χ3n) is 2.08. The Bertz CT molecular complexity index is 622. The van der Waals surface area contributed by atoms with Gasteiger partial charge in [0.1, 0.15) is 11.6 Å². The van der Waals surface area contributed by atoms with Gasteiger partial charge in [0.25, 0.3) is 0 Å². The van der Waals surface area contributed by atoms with Gasteiger partial charge in [-0.15, -0.1) is 0 Å². The quantitative estimate of drug-likeness (QED) is 0.503. The van der Waals surface area contributed by atoms with Crippen molar-refractivity contribution in [2.45, 2.75) is 6.61 Å². The van der Waals surface area contributed by atoms with Gasteiger partial charge in [-0.05, 0) is 18.2 Å². The number of rotatable bonds is 5. The molecule has 0 amide bonds. The second-order valence-corrected chi connectivity index (χ2v) is 3.30. The van der Waals surface area contributed by atoms with Crippen molar-refractivity contribution >= 4 is 17.7 Å². The molecule has 0 unspecified atom stereocenters. The Morgan fingerprint density at radius 3 is 2.65 bits per heavy atom. The van der Waals surface area contributed by atoms with Gasteiger partial charge in [-0.2, -0.15) is 14.0 Å². The van der Waals surface area contributed by atoms with Crippen molar-refractivity contribution in [3.63, 3.8) is 0 Å². The fraction of sp³-hybridized carbons (Fsp3) is 0.0909. The van der Waals surface area contributed by atoms with E-state index in [1.807, 2.05) is 0 Å². The summed E-state index contributed by atoms with van der Waals surface area (Å²) in [6.07, 6.45) is 1.46. The van der Waals surface area contributed by atoms with Crippen molar-refractivity contribution in [2.75, 3.05) is 0 Å². The lowest BCUT2D eigenvalue weighted by Gasteiger charge is -2.09. The first-order valence-corrected chi connectivity index (χ1v) is 4.94. The third-order valence-corrected chi connectivity index (χ3v) is 2.08. The van der Waals surface area contributed by atoms with Crippen LogP contribution in [0.25, 0.3) is 6.08 Å². The molecule has 0 atom stereocenters. The van der Waals surface area contributed by atoms with Crippen LogP contribution in [0.1, 0.15) is 11.1 Å². The molecule has 1 aromatic carbocycles. The minimum absolute atomic E-state index is 0.251. The summed E-state index contributed by atoms with van der Waals surface area (Å²) in [6, 6.07) is 3.56. The van der Waals surface area contributed by atoms with E-state index < -0.39 is 34.5 Å². The van der Waals surface area contributed by atoms with E-state index in [-0.39, 0.29) is 5.56 Å². The van der Waals surface area contributed by atoms with Crippen LogP contribution in [-0.4, -0.2) is 22.6 Å². The number of alkyl halides is 2. The summed E-state index contributed by atoms with van der Waals surface area (Å²) in [5, 5.41) is 28.1. The fourth-order valence-corrected chi connectivity index (χ4v) is 1.36. The van der Waals surface area contributed by atoms with Crippen LogP contribution in [0.2, 0.25) is 0 Å². The molecule has 0 heterocycles. The number of benzene rings is 1. The van der Waals surface area contributed by atoms with Gasteiger partial charge in [-0.1, -0.05) is 0 Å². The number of carboxylic acids is 1. The Labute approximate surface area is 110 Å². The predicted octanol–water partition coefficient (Wildman–Crippen LogP) is 2.17. The molecular weight excluding hydrogens is 278 g/mol. The summed E-state index contributed by atoms with van der Waals surface area (Å²) in [6.45, 7) is -3.36. The van der Waals surface area contributed by atoms with Gasteiger partial charge in [0, 0.05) is 11.6 Å². The number of carbonyl (C=O) groups is 1. The standard InChI is InChI=1S/C11H6F2N2O5/c12-11(13)20-10-6(3-4-8(16)17)1-2-7(5-14)9(10)15(18)19/h1-4,11H,(H,16,17)/b4-3+. The summed E-state index contributed by atoms with van der Waals surface area (Å²) in [7, 11) is 0. The normalized spacial score (nSPS) is 10.5. The minimum Gasteiger partial charge on any atom is -0.478 e. The minimum atomic E-state index is -3.36. The molecule has 0 bridgehead atoms. The lowest BCUT2D eigenvalue weighted by atomic mass is 10.1. The molecule has 104 valence electrons. The predicted molar refractivity (Wildman–Crippen MR) is 61.1 cm³/mol. The third kappa shape index (κ3) is 3.49. The number of halogens is 2. The summed E-state index contributed by atoms with van der Waals surface area (Å²) in [5.74, 6) is -2.23. The number of nitrogens with zero attached hydrogens (tertiary/aromatic N) is 2. The van der Waals surface area contributed by atoms with Crippen molar-refractivity contribution in [1.29, 1.82) is 5.26 Å². The molecule has 1 rings (SSSR count). The maximum absolute atomic E-state index is 12.3. The summed E-state index contributed by atoms with van der Waals surface area (Å²) >= 11 is 0. The molecule has 0 fully saturated rings. The van der Waals surface area contributed by atoms with Crippen LogP contribution in [0.3, 0.4) is 0 Å². The highest BCUT2D eigenvalue weighted by Crippen LogP contribution is 2.36. The van der Waals surface area contributed by atoms with E-state index in [1.54, 1.807) is 0 Å². The van der Waals surface area contributed by atoms with Crippen LogP contribution < -0.4 is 4.74 Å². The molecule has 9 heteroatoms. The lowest BCUT2D eigenvalue weighted by Crippen LogP contribution is -2.07. The zero-order valence-corrected chi connectivity index (χ0v) is 9.62. The van der Waals surface area contributed by atoms with E-state index in [0.29, 0.717) is 6.08 Å². The van der Waals surface area contributed by atoms with Gasteiger partial charge in [-0.25, -0.2) is 4.79 Å². The molecule has 0 aliphatic heterocycles. The van der Waals surface area contributed by atoms with Crippen molar-refractivity contribution in [3.8, 4) is 11.8 Å². The van der Waals surface area contributed by atoms with E-state index in [4.69, 9.17) is 10.4 Å². The molecule has 0 spiro atoms. The molecule has 0 aliphatic carbocycles. The van der Waals surface area contributed by atoms with E-state index in [9.17, 15) is 23.7 Å². The molecule has 20 heavy (non-hydrogen) atoms. The van der Waals surface area contributed by atoms with Gasteiger partial charge in [0.05, 0.1) is 4.92 Å². The Kier molecular flexibility index (Phi) is 4.69. The maximum Gasteiger partial charge on any atom is 0.387 e. The number of nitro groups is 1. The van der Waals surface area contributed by atoms with Gasteiger partial charge >= 0.3 is 18.3 Å². The van der Waals surface area contributed by atoms with Gasteiger partial charge in [0.2, 0.25) is 5.75 Å². The van der Waals surface area contributed by atoms with Crippen molar-refractivity contribution < 1.29 is 28.3 Å². The van der Waals surface area contributed by atoms with Crippen LogP contribution >= 0.6 is 0 Å². The highest BCUT2D eigenvalue weighted by atomic mass is 19.3. The number of ether oxygens (including phenoxy) is 1. The molecule has 0 saturated heterocycles. The molecule has 0 aromatic heterocycles. The van der Waals surface area contributed by atoms with Crippen molar-refractivity contribution in [1.82, 2.24) is 0 Å². The highest BCUT2D eigenvalue weighted by molar-refractivity contribution is 5.86. The second kappa shape index (κ2) is 6.24. The first-order valence-electron chi connectivity index (χ1n) is 4.94. The monoisotopic (exact) mass is 284 g/mol. The second-order valence-electron chi connectivity index (χ2n) is 3.30. The SMILES string of the molecule is N#Cc1ccc(/C=C/C(=O)O)c(OC(F)F)c1[N+](=O)[O-]. The summed E-state index contributed by atoms with van der Waals surface area (Å²) in [4.78, 5) is 20.2. The number of carboxylic acid groups (broad SMARTS) is 1. The molecule has 0 saturated carbocycles. The molecule has 1 aromatic rings. The van der Waals surface area contributed by atoms with Crippen LogP contribution in [0.15, 0.2) is 18.2 Å². The van der Waals surface area contributed by atoms with Crippen LogP contribution in [0, 0.1) is 21.4 Å². The maximum atomic E-state index is 12.3. The largest absolute Gasteiger partial charge is 0.478 e. The number of hydrogen-bond acceptors (Lipinski definition) is 5. The van der Waals surface area contributed by atoms with Crippen LogP contribution in [0.4, 0.5) is 14.5 Å². The zero-order valence-electron chi connectivity index (χ0n) is 9.62. The number of nitro benzene ring substituents is 1. The average molecular weight is 284 g/mol. The molecule has 1 N–H and O–H groups in total. The van der Waals surface area contributed by atoms with Gasteiger partial charge < -0.3 is 9.84 Å². The Morgan fingerprint density at radius 2 is 2.20 bits per heavy atom. The molecule has 0 radical (unpaired) electrons. The number of aliphatic carboxylic acids is 1. The average Bonchev–Trinajstić information content (AvgIpc) is 2.35. The smallest absolute Gasteiger partial charge is 0.387 e. The van der Waals surface area contributed by atoms with Crippen LogP contribution in [-0.2, 0) is 4.79 Å². The fourth-order valence-electron chi connectivity index (χ4n) is 1.36. The van der Waals surface area contributed by atoms with E-state index in [0.717, 1.165) is 18.2 Å². The first kappa shape index (κ1) is 15.0. The number of nitriles is 1. The Hall–Kier alpha value is -3.02. The topological polar surface area (TPSA) is 113 Å². The summed E-state index contributed by atoms with van der Waals surface area (Å²) in [5.41, 5.74) is -1.67. The lowest BCUT2D eigenvalue weighted by molar-refractivity contribution is -0.386. The number of hydrogen-bond donors (Lipinski definition) is 1. The van der Waals surface area contributed by atoms with E-state index in [2.05, 4.69) is 4.74 Å². The van der Waals surface area contributed by atoms with E-state index >= 15 is 0 Å². The Balaban J connectivity index is 3.53. The molecule has 0 aliphatic rings. The van der Waals surface area contributed by atoms with E-state index in [1.165, 1.54) is 6.07 Å². The first-order chi connectivity index (χ1) is 9.36. The molecular formula is C11H6F2N2O5. The molecule has 7 nitrogen and oxygen atoms in total. The van der Waals surface area contributed by atoms with Crippen LogP contribution in [0.5, 0.6) is 5.75 Å². The summed E-state index contributed by atoms with van der Waals surface area (Å²) < 4.78 is 28.7.